The lowest BCUT2D eigenvalue weighted by Crippen LogP contribution is -2.43. The predicted octanol–water partition coefficient (Wildman–Crippen LogP) is 3.06. The Balaban J connectivity index is 1.26. The molecule has 176 valence electrons. The highest BCUT2D eigenvalue weighted by molar-refractivity contribution is 6.09. The van der Waals surface area contributed by atoms with Crippen LogP contribution in [-0.2, 0) is 15.1 Å². The fraction of sp³-hybridized carbons (Fsp3) is 0.192. The number of carbonyl (C=O) groups is 3. The molecule has 1 fully saturated rings. The summed E-state index contributed by atoms with van der Waals surface area (Å²) in [5, 5.41) is 11.7. The van der Waals surface area contributed by atoms with Crippen LogP contribution in [0.5, 0.6) is 0 Å². The number of benzene rings is 3. The number of nitrogens with zero attached hydrogens (tertiary/aromatic N) is 4. The average Bonchev–Trinajstić information content (AvgIpc) is 3.48. The molecule has 1 saturated heterocycles. The molecule has 9 nitrogen and oxygen atoms in total. The molecule has 0 saturated carbocycles. The summed E-state index contributed by atoms with van der Waals surface area (Å²) >= 11 is 0. The van der Waals surface area contributed by atoms with E-state index in [4.69, 9.17) is 0 Å². The summed E-state index contributed by atoms with van der Waals surface area (Å²) in [7, 11) is 0. The molecule has 2 N–H and O–H groups in total. The number of aromatic nitrogens is 3. The largest absolute Gasteiger partial charge is 0.348 e. The van der Waals surface area contributed by atoms with Crippen molar-refractivity contribution in [1.29, 1.82) is 0 Å². The van der Waals surface area contributed by atoms with Crippen molar-refractivity contribution in [2.75, 3.05) is 6.54 Å². The van der Waals surface area contributed by atoms with Crippen LogP contribution in [0.1, 0.15) is 31.0 Å². The molecule has 5 rings (SSSR count). The highest BCUT2D eigenvalue weighted by atomic mass is 16.2. The van der Waals surface area contributed by atoms with E-state index in [1.807, 2.05) is 73.7 Å². The lowest BCUT2D eigenvalue weighted by molar-refractivity contribution is -0.135. The molecule has 2 unspecified atom stereocenters. The molecular weight excluding hydrogens is 444 g/mol. The van der Waals surface area contributed by atoms with E-state index in [0.717, 1.165) is 26.9 Å². The summed E-state index contributed by atoms with van der Waals surface area (Å²) in [5.41, 5.74) is 1.14. The van der Waals surface area contributed by atoms with Crippen molar-refractivity contribution in [3.63, 3.8) is 0 Å². The number of carbonyl (C=O) groups excluding carboxylic acids is 3. The van der Waals surface area contributed by atoms with E-state index in [2.05, 4.69) is 20.7 Å². The molecule has 1 aliphatic heterocycles. The van der Waals surface area contributed by atoms with E-state index in [9.17, 15) is 14.4 Å². The SMILES string of the molecule is CC(NC(=O)CN1C(=O)NC(C)(c2ccc3ccccc3c2)C1=O)c1ccc(-n2cncn2)cc1. The van der Waals surface area contributed by atoms with E-state index >= 15 is 0 Å². The Morgan fingerprint density at radius 2 is 1.80 bits per heavy atom. The third-order valence-electron chi connectivity index (χ3n) is 6.36. The van der Waals surface area contributed by atoms with Gasteiger partial charge in [0.15, 0.2) is 0 Å². The van der Waals surface area contributed by atoms with E-state index < -0.39 is 23.4 Å². The first kappa shape index (κ1) is 22.3. The Labute approximate surface area is 201 Å². The van der Waals surface area contributed by atoms with Gasteiger partial charge in [-0.15, -0.1) is 0 Å². The standard InChI is InChI=1S/C26H24N6O3/c1-17(18-8-11-22(12-9-18)32-16-27-15-28-32)29-23(33)14-31-24(34)26(2,30-25(31)35)21-10-7-19-5-3-4-6-20(19)13-21/h3-13,15-17H,14H2,1-2H3,(H,29,33)(H,30,35). The minimum atomic E-state index is -1.25. The zero-order valence-corrected chi connectivity index (χ0v) is 19.3. The van der Waals surface area contributed by atoms with Gasteiger partial charge < -0.3 is 10.6 Å². The van der Waals surface area contributed by atoms with Crippen LogP contribution in [-0.4, -0.2) is 44.1 Å². The van der Waals surface area contributed by atoms with Crippen LogP contribution >= 0.6 is 0 Å². The molecule has 4 aromatic rings. The zero-order valence-electron chi connectivity index (χ0n) is 19.3. The van der Waals surface area contributed by atoms with Crippen molar-refractivity contribution in [2.24, 2.45) is 0 Å². The molecule has 3 aromatic carbocycles. The number of imide groups is 1. The van der Waals surface area contributed by atoms with Crippen molar-refractivity contribution < 1.29 is 14.4 Å². The molecule has 9 heteroatoms. The van der Waals surface area contributed by atoms with Gasteiger partial charge in [0.25, 0.3) is 5.91 Å². The van der Waals surface area contributed by atoms with E-state index in [-0.39, 0.29) is 12.6 Å². The van der Waals surface area contributed by atoms with Crippen molar-refractivity contribution in [3.05, 3.63) is 90.5 Å². The molecule has 0 radical (unpaired) electrons. The maximum Gasteiger partial charge on any atom is 0.325 e. The second-order valence-electron chi connectivity index (χ2n) is 8.73. The van der Waals surface area contributed by atoms with E-state index in [0.29, 0.717) is 5.56 Å². The summed E-state index contributed by atoms with van der Waals surface area (Å²) in [5.74, 6) is -0.887. The molecule has 0 spiro atoms. The third-order valence-corrected chi connectivity index (χ3v) is 6.36. The number of fused-ring (bicyclic) bond motifs is 1. The highest BCUT2D eigenvalue weighted by Gasteiger charge is 2.49. The van der Waals surface area contributed by atoms with Crippen molar-refractivity contribution in [3.8, 4) is 5.69 Å². The Hall–Kier alpha value is -4.53. The first-order chi connectivity index (χ1) is 16.8. The van der Waals surface area contributed by atoms with Crippen LogP contribution in [0, 0.1) is 0 Å². The topological polar surface area (TPSA) is 109 Å². The van der Waals surface area contributed by atoms with Gasteiger partial charge in [-0.2, -0.15) is 5.10 Å². The average molecular weight is 469 g/mol. The lowest BCUT2D eigenvalue weighted by atomic mass is 9.90. The van der Waals surface area contributed by atoms with Gasteiger partial charge in [0.1, 0.15) is 24.7 Å². The minimum Gasteiger partial charge on any atom is -0.348 e. The summed E-state index contributed by atoms with van der Waals surface area (Å²) in [4.78, 5) is 43.6. The van der Waals surface area contributed by atoms with Gasteiger partial charge in [-0.3, -0.25) is 14.5 Å². The van der Waals surface area contributed by atoms with Crippen molar-refractivity contribution in [1.82, 2.24) is 30.3 Å². The van der Waals surface area contributed by atoms with Gasteiger partial charge in [-0.05, 0) is 53.9 Å². The quantitative estimate of drug-likeness (QED) is 0.423. The van der Waals surface area contributed by atoms with Crippen LogP contribution in [0.4, 0.5) is 4.79 Å². The minimum absolute atomic E-state index is 0.320. The molecule has 4 amide bonds. The number of nitrogens with one attached hydrogen (secondary N) is 2. The lowest BCUT2D eigenvalue weighted by Gasteiger charge is -2.23. The fourth-order valence-electron chi connectivity index (χ4n) is 4.31. The predicted molar refractivity (Wildman–Crippen MR) is 129 cm³/mol. The monoisotopic (exact) mass is 468 g/mol. The molecule has 0 aliphatic carbocycles. The number of amides is 4. The summed E-state index contributed by atoms with van der Waals surface area (Å²) in [6.07, 6.45) is 3.06. The van der Waals surface area contributed by atoms with Crippen LogP contribution in [0.25, 0.3) is 16.5 Å². The number of rotatable bonds is 6. The normalized spacial score (nSPS) is 18.5. The van der Waals surface area contributed by atoms with Gasteiger partial charge in [-0.25, -0.2) is 14.5 Å². The molecule has 2 atom stereocenters. The van der Waals surface area contributed by atoms with Gasteiger partial charge in [0, 0.05) is 0 Å². The Morgan fingerprint density at radius 3 is 2.51 bits per heavy atom. The van der Waals surface area contributed by atoms with E-state index in [1.54, 1.807) is 17.9 Å². The molecular formula is C26H24N6O3. The zero-order chi connectivity index (χ0) is 24.6. The summed E-state index contributed by atoms with van der Waals surface area (Å²) in [6.45, 7) is 3.14. The number of urea groups is 1. The first-order valence-corrected chi connectivity index (χ1v) is 11.2. The van der Waals surface area contributed by atoms with Crippen LogP contribution in [0.15, 0.2) is 79.4 Å². The smallest absolute Gasteiger partial charge is 0.325 e. The number of hydrogen-bond acceptors (Lipinski definition) is 5. The molecule has 35 heavy (non-hydrogen) atoms. The molecule has 1 aromatic heterocycles. The van der Waals surface area contributed by atoms with Gasteiger partial charge in [0.2, 0.25) is 5.91 Å². The Bertz CT molecular complexity index is 1420. The van der Waals surface area contributed by atoms with Crippen molar-refractivity contribution >= 4 is 28.6 Å². The van der Waals surface area contributed by atoms with Gasteiger partial charge in [0.05, 0.1) is 11.7 Å². The van der Waals surface area contributed by atoms with Gasteiger partial charge >= 0.3 is 6.03 Å². The van der Waals surface area contributed by atoms with E-state index in [1.165, 1.54) is 6.33 Å². The van der Waals surface area contributed by atoms with Crippen LogP contribution < -0.4 is 10.6 Å². The summed E-state index contributed by atoms with van der Waals surface area (Å²) in [6, 6.07) is 20.0. The fourth-order valence-corrected chi connectivity index (χ4v) is 4.31. The summed E-state index contributed by atoms with van der Waals surface area (Å²) < 4.78 is 1.64. The Morgan fingerprint density at radius 1 is 1.06 bits per heavy atom. The maximum atomic E-state index is 13.3. The molecule has 1 aliphatic rings. The van der Waals surface area contributed by atoms with Crippen molar-refractivity contribution in [2.45, 2.75) is 25.4 Å². The Kier molecular flexibility index (Phi) is 5.52. The van der Waals surface area contributed by atoms with Crippen LogP contribution in [0.3, 0.4) is 0 Å². The highest BCUT2D eigenvalue weighted by Crippen LogP contribution is 2.31. The molecule has 0 bridgehead atoms. The third kappa shape index (κ3) is 4.12. The molecule has 2 heterocycles. The number of hydrogen-bond donors (Lipinski definition) is 2. The van der Waals surface area contributed by atoms with Crippen LogP contribution in [0.2, 0.25) is 0 Å². The second kappa shape index (κ2) is 8.68. The maximum absolute atomic E-state index is 13.3. The second-order valence-corrected chi connectivity index (χ2v) is 8.73. The van der Waals surface area contributed by atoms with Gasteiger partial charge in [-0.1, -0.05) is 48.5 Å². The first-order valence-electron chi connectivity index (χ1n) is 11.2.